The number of amides is 1. The maximum absolute atomic E-state index is 11.8. The predicted octanol–water partition coefficient (Wildman–Crippen LogP) is 4.15. The third-order valence-electron chi connectivity index (χ3n) is 2.85. The Bertz CT molecular complexity index is 553. The first-order chi connectivity index (χ1) is 10.1. The molecule has 0 aliphatic heterocycles. The fourth-order valence-electron chi connectivity index (χ4n) is 1.84. The highest BCUT2D eigenvalue weighted by atomic mass is 35.5. The largest absolute Gasteiger partial charge is 0.456 e. The zero-order valence-electron chi connectivity index (χ0n) is 13.2. The molecule has 0 saturated carbocycles. The van der Waals surface area contributed by atoms with E-state index >= 15 is 0 Å². The molecule has 1 amide bonds. The molecular weight excluding hydrogens is 325 g/mol. The number of carbonyl (C=O) groups is 2. The van der Waals surface area contributed by atoms with Crippen molar-refractivity contribution in [3.63, 3.8) is 0 Å². The molecule has 0 aromatic heterocycles. The third-order valence-corrected chi connectivity index (χ3v) is 3.41. The minimum atomic E-state index is -0.389. The van der Waals surface area contributed by atoms with E-state index in [-0.39, 0.29) is 36.4 Å². The maximum atomic E-state index is 11.8. The fraction of sp³-hybridized carbons (Fsp3) is 0.500. The van der Waals surface area contributed by atoms with Crippen LogP contribution >= 0.6 is 23.2 Å². The summed E-state index contributed by atoms with van der Waals surface area (Å²) < 4.78 is 4.96. The molecule has 1 rings (SSSR count). The minimum Gasteiger partial charge on any atom is -0.456 e. The van der Waals surface area contributed by atoms with E-state index < -0.39 is 0 Å². The predicted molar refractivity (Wildman–Crippen MR) is 88.1 cm³/mol. The first-order valence-corrected chi connectivity index (χ1v) is 7.74. The molecule has 1 aromatic rings. The number of halogens is 2. The summed E-state index contributed by atoms with van der Waals surface area (Å²) in [5, 5.41) is 3.74. The lowest BCUT2D eigenvalue weighted by molar-refractivity contribution is -0.150. The number of nitrogens with one attached hydrogen (secondary N) is 1. The van der Waals surface area contributed by atoms with Crippen molar-refractivity contribution < 1.29 is 14.3 Å². The number of benzene rings is 1. The van der Waals surface area contributed by atoms with Crippen LogP contribution in [0, 0.1) is 5.41 Å². The van der Waals surface area contributed by atoms with Gasteiger partial charge in [-0.3, -0.25) is 9.59 Å². The molecule has 1 aromatic carbocycles. The van der Waals surface area contributed by atoms with E-state index in [0.717, 1.165) is 5.56 Å². The van der Waals surface area contributed by atoms with Crippen molar-refractivity contribution in [2.24, 2.45) is 5.41 Å². The normalized spacial score (nSPS) is 12.6. The van der Waals surface area contributed by atoms with E-state index in [1.807, 2.05) is 20.8 Å². The molecule has 0 aliphatic rings. The van der Waals surface area contributed by atoms with E-state index in [0.29, 0.717) is 10.0 Å². The topological polar surface area (TPSA) is 55.4 Å². The van der Waals surface area contributed by atoms with Gasteiger partial charge in [-0.05, 0) is 30.0 Å². The van der Waals surface area contributed by atoms with Gasteiger partial charge in [-0.2, -0.15) is 0 Å². The number of ether oxygens (including phenoxy) is 1. The Morgan fingerprint density at radius 3 is 2.45 bits per heavy atom. The quantitative estimate of drug-likeness (QED) is 0.815. The molecule has 0 bridgehead atoms. The second-order valence-electron chi connectivity index (χ2n) is 6.35. The zero-order valence-corrected chi connectivity index (χ0v) is 14.7. The van der Waals surface area contributed by atoms with Gasteiger partial charge in [0.25, 0.3) is 5.91 Å². The third kappa shape index (κ3) is 6.67. The van der Waals surface area contributed by atoms with E-state index in [1.165, 1.54) is 0 Å². The van der Waals surface area contributed by atoms with Gasteiger partial charge in [0, 0.05) is 10.0 Å². The van der Waals surface area contributed by atoms with E-state index in [2.05, 4.69) is 5.32 Å². The zero-order chi connectivity index (χ0) is 16.9. The molecule has 0 fully saturated rings. The Labute approximate surface area is 141 Å². The average molecular weight is 346 g/mol. The second-order valence-corrected chi connectivity index (χ2v) is 7.20. The van der Waals surface area contributed by atoms with Crippen LogP contribution in [0.1, 0.15) is 45.7 Å². The summed E-state index contributed by atoms with van der Waals surface area (Å²) in [6, 6.07) is 4.76. The summed E-state index contributed by atoms with van der Waals surface area (Å²) in [6.07, 6.45) is 0.263. The van der Waals surface area contributed by atoms with Crippen molar-refractivity contribution >= 4 is 35.1 Å². The molecule has 122 valence electrons. The molecule has 1 atom stereocenters. The molecule has 4 nitrogen and oxygen atoms in total. The van der Waals surface area contributed by atoms with Crippen LogP contribution in [-0.2, 0) is 14.3 Å². The summed E-state index contributed by atoms with van der Waals surface area (Å²) in [5.41, 5.74) is 0.581. The Hall–Kier alpha value is -1.26. The van der Waals surface area contributed by atoms with Gasteiger partial charge in [0.1, 0.15) is 0 Å². The van der Waals surface area contributed by atoms with Gasteiger partial charge >= 0.3 is 5.97 Å². The van der Waals surface area contributed by atoms with E-state index in [9.17, 15) is 9.59 Å². The van der Waals surface area contributed by atoms with Crippen molar-refractivity contribution in [3.05, 3.63) is 33.8 Å². The van der Waals surface area contributed by atoms with Gasteiger partial charge in [0.15, 0.2) is 6.61 Å². The number of esters is 1. The van der Waals surface area contributed by atoms with Crippen molar-refractivity contribution in [1.82, 2.24) is 5.32 Å². The molecule has 0 spiro atoms. The summed E-state index contributed by atoms with van der Waals surface area (Å²) in [4.78, 5) is 23.4. The van der Waals surface area contributed by atoms with Crippen molar-refractivity contribution in [2.45, 2.75) is 40.2 Å². The Morgan fingerprint density at radius 1 is 1.27 bits per heavy atom. The molecule has 0 radical (unpaired) electrons. The van der Waals surface area contributed by atoms with Crippen LogP contribution in [0.2, 0.25) is 10.0 Å². The Balaban J connectivity index is 2.49. The van der Waals surface area contributed by atoms with E-state index in [4.69, 9.17) is 27.9 Å². The van der Waals surface area contributed by atoms with Crippen molar-refractivity contribution in [2.75, 3.05) is 6.61 Å². The Kier molecular flexibility index (Phi) is 6.69. The molecule has 0 unspecified atom stereocenters. The van der Waals surface area contributed by atoms with Gasteiger partial charge in [-0.25, -0.2) is 0 Å². The average Bonchev–Trinajstić information content (AvgIpc) is 2.34. The van der Waals surface area contributed by atoms with Crippen LogP contribution in [0.3, 0.4) is 0 Å². The van der Waals surface area contributed by atoms with Crippen molar-refractivity contribution in [3.8, 4) is 0 Å². The number of carbonyl (C=O) groups excluding carboxylic acids is 2. The van der Waals surface area contributed by atoms with Gasteiger partial charge in [0.2, 0.25) is 0 Å². The maximum Gasteiger partial charge on any atom is 0.306 e. The smallest absolute Gasteiger partial charge is 0.306 e. The number of hydrogen-bond acceptors (Lipinski definition) is 3. The fourth-order valence-corrected chi connectivity index (χ4v) is 2.42. The van der Waals surface area contributed by atoms with E-state index in [1.54, 1.807) is 25.1 Å². The van der Waals surface area contributed by atoms with Crippen LogP contribution in [0.5, 0.6) is 0 Å². The standard InChI is InChI=1S/C16H21Cl2NO3/c1-10(12-6-5-11(17)7-13(12)18)19-14(20)9-22-15(21)8-16(2,3)4/h5-7,10H,8-9H2,1-4H3,(H,19,20)/t10-/m0/s1. The molecule has 1 N–H and O–H groups in total. The monoisotopic (exact) mass is 345 g/mol. The highest BCUT2D eigenvalue weighted by Crippen LogP contribution is 2.26. The summed E-state index contributed by atoms with van der Waals surface area (Å²) in [7, 11) is 0. The number of rotatable bonds is 5. The van der Waals surface area contributed by atoms with Crippen molar-refractivity contribution in [1.29, 1.82) is 0 Å². The van der Waals surface area contributed by atoms with Crippen LogP contribution in [0.4, 0.5) is 0 Å². The van der Waals surface area contributed by atoms with Crippen LogP contribution < -0.4 is 5.32 Å². The number of hydrogen-bond donors (Lipinski definition) is 1. The van der Waals surface area contributed by atoms with Crippen LogP contribution in [0.15, 0.2) is 18.2 Å². The first-order valence-electron chi connectivity index (χ1n) is 6.98. The van der Waals surface area contributed by atoms with Gasteiger partial charge < -0.3 is 10.1 Å². The summed E-state index contributed by atoms with van der Waals surface area (Å²) >= 11 is 11.9. The van der Waals surface area contributed by atoms with Crippen LogP contribution in [-0.4, -0.2) is 18.5 Å². The van der Waals surface area contributed by atoms with Crippen LogP contribution in [0.25, 0.3) is 0 Å². The summed E-state index contributed by atoms with van der Waals surface area (Å²) in [5.74, 6) is -0.763. The molecular formula is C16H21Cl2NO3. The lowest BCUT2D eigenvalue weighted by Gasteiger charge is -2.18. The lowest BCUT2D eigenvalue weighted by atomic mass is 9.92. The van der Waals surface area contributed by atoms with Gasteiger partial charge in [-0.1, -0.05) is 50.0 Å². The molecule has 0 heterocycles. The summed E-state index contributed by atoms with van der Waals surface area (Å²) in [6.45, 7) is 7.28. The minimum absolute atomic E-state index is 0.169. The molecule has 6 heteroatoms. The highest BCUT2D eigenvalue weighted by molar-refractivity contribution is 6.35. The molecule has 22 heavy (non-hydrogen) atoms. The second kappa shape index (κ2) is 7.84. The highest BCUT2D eigenvalue weighted by Gasteiger charge is 2.19. The van der Waals surface area contributed by atoms with Gasteiger partial charge in [-0.15, -0.1) is 0 Å². The molecule has 0 aliphatic carbocycles. The molecule has 0 saturated heterocycles. The lowest BCUT2D eigenvalue weighted by Crippen LogP contribution is -2.31. The van der Waals surface area contributed by atoms with Gasteiger partial charge in [0.05, 0.1) is 12.5 Å². The Morgan fingerprint density at radius 2 is 1.91 bits per heavy atom. The first kappa shape index (κ1) is 18.8. The SMILES string of the molecule is C[C@H](NC(=O)COC(=O)CC(C)(C)C)c1ccc(Cl)cc1Cl.